The molecule has 1 aromatic heterocycles. The molecule has 1 unspecified atom stereocenters. The molecular weight excluding hydrogens is 386 g/mol. The molecule has 1 amide bonds. The molecule has 1 aliphatic carbocycles. The van der Waals surface area contributed by atoms with Crippen LogP contribution in [-0.4, -0.2) is 27.2 Å². The Morgan fingerprint density at radius 1 is 0.966 bits per heavy atom. The summed E-state index contributed by atoms with van der Waals surface area (Å²) in [6, 6.07) is 15.9. The second-order valence-electron chi connectivity index (χ2n) is 6.81. The molecule has 1 aliphatic rings. The molecule has 0 fully saturated rings. The van der Waals surface area contributed by atoms with E-state index in [4.69, 9.17) is 14.2 Å². The van der Waals surface area contributed by atoms with Gasteiger partial charge in [0.05, 0.1) is 32.2 Å². The van der Waals surface area contributed by atoms with Gasteiger partial charge < -0.3 is 19.5 Å². The second kappa shape index (κ2) is 8.17. The maximum atomic E-state index is 12.9. The number of ether oxygens (including phenoxy) is 3. The van der Waals surface area contributed by atoms with Gasteiger partial charge in [-0.05, 0) is 48.2 Å². The Morgan fingerprint density at radius 2 is 1.76 bits per heavy atom. The smallest absolute Gasteiger partial charge is 0.261 e. The number of rotatable bonds is 6. The van der Waals surface area contributed by atoms with Crippen LogP contribution < -0.4 is 19.5 Å². The van der Waals surface area contributed by atoms with Gasteiger partial charge in [0.2, 0.25) is 5.75 Å². The van der Waals surface area contributed by atoms with E-state index in [2.05, 4.69) is 17.4 Å². The molecule has 0 spiro atoms. The first-order valence-corrected chi connectivity index (χ1v) is 10.3. The lowest BCUT2D eigenvalue weighted by Crippen LogP contribution is -2.26. The highest BCUT2D eigenvalue weighted by atomic mass is 32.1. The summed E-state index contributed by atoms with van der Waals surface area (Å²) in [5.41, 5.74) is 3.40. The first-order chi connectivity index (χ1) is 14.2. The topological polar surface area (TPSA) is 56.8 Å². The van der Waals surface area contributed by atoms with Crippen molar-refractivity contribution in [1.82, 2.24) is 5.32 Å². The van der Waals surface area contributed by atoms with Crippen molar-refractivity contribution in [2.75, 3.05) is 21.3 Å². The normalized spacial score (nSPS) is 14.9. The molecule has 29 heavy (non-hydrogen) atoms. The molecule has 3 aromatic rings. The number of hydrogen-bond acceptors (Lipinski definition) is 5. The van der Waals surface area contributed by atoms with Crippen LogP contribution in [0.5, 0.6) is 17.2 Å². The van der Waals surface area contributed by atoms with Gasteiger partial charge in [-0.15, -0.1) is 11.3 Å². The van der Waals surface area contributed by atoms with E-state index in [1.165, 1.54) is 22.5 Å². The number of carbonyl (C=O) groups is 1. The number of amides is 1. The van der Waals surface area contributed by atoms with Crippen LogP contribution in [0.2, 0.25) is 0 Å². The van der Waals surface area contributed by atoms with Crippen LogP contribution in [-0.2, 0) is 6.42 Å². The molecule has 0 radical (unpaired) electrons. The number of fused-ring (bicyclic) bond motifs is 1. The van der Waals surface area contributed by atoms with Gasteiger partial charge in [-0.3, -0.25) is 4.79 Å². The lowest BCUT2D eigenvalue weighted by atomic mass is 10.1. The lowest BCUT2D eigenvalue weighted by molar-refractivity contribution is 0.0941. The number of methoxy groups -OCH3 is 3. The van der Waals surface area contributed by atoms with Crippen LogP contribution in [0.1, 0.15) is 33.3 Å². The minimum absolute atomic E-state index is 0.0533. The number of carbonyl (C=O) groups excluding carboxylic acids is 1. The third-order valence-electron chi connectivity index (χ3n) is 5.24. The summed E-state index contributed by atoms with van der Waals surface area (Å²) >= 11 is 1.43. The minimum Gasteiger partial charge on any atom is -0.493 e. The Labute approximate surface area is 174 Å². The molecule has 0 aliphatic heterocycles. The van der Waals surface area contributed by atoms with Gasteiger partial charge in [-0.1, -0.05) is 24.3 Å². The molecule has 5 nitrogen and oxygen atoms in total. The molecule has 4 rings (SSSR count). The molecule has 0 bridgehead atoms. The van der Waals surface area contributed by atoms with E-state index in [9.17, 15) is 4.79 Å². The number of nitrogens with one attached hydrogen (secondary N) is 1. The molecule has 0 saturated heterocycles. The van der Waals surface area contributed by atoms with Crippen LogP contribution in [0.15, 0.2) is 48.5 Å². The third-order valence-corrected chi connectivity index (χ3v) is 6.35. The predicted molar refractivity (Wildman–Crippen MR) is 114 cm³/mol. The largest absolute Gasteiger partial charge is 0.493 e. The summed E-state index contributed by atoms with van der Waals surface area (Å²) in [6.45, 7) is 0. The van der Waals surface area contributed by atoms with Crippen molar-refractivity contribution in [3.05, 3.63) is 64.5 Å². The van der Waals surface area contributed by atoms with Crippen molar-refractivity contribution in [3.63, 3.8) is 0 Å². The highest BCUT2D eigenvalue weighted by molar-refractivity contribution is 7.17. The zero-order chi connectivity index (χ0) is 20.4. The lowest BCUT2D eigenvalue weighted by Gasteiger charge is -2.15. The van der Waals surface area contributed by atoms with Crippen molar-refractivity contribution in [2.45, 2.75) is 18.9 Å². The van der Waals surface area contributed by atoms with Gasteiger partial charge >= 0.3 is 0 Å². The molecule has 6 heteroatoms. The van der Waals surface area contributed by atoms with Crippen molar-refractivity contribution in [2.24, 2.45) is 0 Å². The number of thiophene rings is 1. The van der Waals surface area contributed by atoms with Gasteiger partial charge in [0.1, 0.15) is 0 Å². The second-order valence-corrected chi connectivity index (χ2v) is 7.89. The molecule has 1 heterocycles. The fraction of sp³-hybridized carbons (Fsp3) is 0.261. The molecule has 2 aromatic carbocycles. The van der Waals surface area contributed by atoms with E-state index < -0.39 is 0 Å². The van der Waals surface area contributed by atoms with Crippen LogP contribution in [0, 0.1) is 0 Å². The van der Waals surface area contributed by atoms with Crippen LogP contribution >= 0.6 is 11.3 Å². The predicted octanol–water partition coefficient (Wildman–Crippen LogP) is 4.86. The molecule has 1 N–H and O–H groups in total. The Kier molecular flexibility index (Phi) is 5.45. The summed E-state index contributed by atoms with van der Waals surface area (Å²) in [5, 5.41) is 3.18. The number of benzene rings is 2. The highest BCUT2D eigenvalue weighted by Crippen LogP contribution is 2.46. The van der Waals surface area contributed by atoms with E-state index in [1.54, 1.807) is 21.3 Å². The maximum absolute atomic E-state index is 12.9. The van der Waals surface area contributed by atoms with Gasteiger partial charge in [0, 0.05) is 10.4 Å². The van der Waals surface area contributed by atoms with Crippen LogP contribution in [0.3, 0.4) is 0 Å². The highest BCUT2D eigenvalue weighted by Gasteiger charge is 2.25. The SMILES string of the molecule is COc1ccc(-c2ccc(C(=O)NC3CCc4ccccc43)s2)c(OC)c1OC. The zero-order valence-corrected chi connectivity index (χ0v) is 17.5. The van der Waals surface area contributed by atoms with E-state index in [1.807, 2.05) is 36.4 Å². The Balaban J connectivity index is 1.58. The fourth-order valence-corrected chi connectivity index (χ4v) is 4.77. The van der Waals surface area contributed by atoms with Crippen molar-refractivity contribution in [1.29, 1.82) is 0 Å². The number of aryl methyl sites for hydroxylation is 1. The monoisotopic (exact) mass is 409 g/mol. The van der Waals surface area contributed by atoms with Gasteiger partial charge in [-0.2, -0.15) is 0 Å². The number of hydrogen-bond donors (Lipinski definition) is 1. The van der Waals surface area contributed by atoms with Gasteiger partial charge in [0.15, 0.2) is 11.5 Å². The molecule has 150 valence electrons. The summed E-state index contributed by atoms with van der Waals surface area (Å²) in [6.07, 6.45) is 1.94. The molecule has 0 saturated carbocycles. The van der Waals surface area contributed by atoms with E-state index >= 15 is 0 Å². The van der Waals surface area contributed by atoms with Crippen LogP contribution in [0.4, 0.5) is 0 Å². The fourth-order valence-electron chi connectivity index (χ4n) is 3.84. The molecule has 1 atom stereocenters. The average Bonchev–Trinajstić information content (AvgIpc) is 3.40. The van der Waals surface area contributed by atoms with E-state index in [0.29, 0.717) is 22.1 Å². The Hall–Kier alpha value is -2.99. The summed E-state index contributed by atoms with van der Waals surface area (Å²) in [5.74, 6) is 1.67. The first kappa shape index (κ1) is 19.3. The first-order valence-electron chi connectivity index (χ1n) is 9.44. The van der Waals surface area contributed by atoms with Crippen molar-refractivity contribution < 1.29 is 19.0 Å². The van der Waals surface area contributed by atoms with E-state index in [-0.39, 0.29) is 11.9 Å². The van der Waals surface area contributed by atoms with Crippen LogP contribution in [0.25, 0.3) is 10.4 Å². The average molecular weight is 410 g/mol. The quantitative estimate of drug-likeness (QED) is 0.632. The van der Waals surface area contributed by atoms with Crippen molar-refractivity contribution in [3.8, 4) is 27.7 Å². The minimum atomic E-state index is -0.0533. The summed E-state index contributed by atoms with van der Waals surface area (Å²) in [7, 11) is 4.77. The zero-order valence-electron chi connectivity index (χ0n) is 16.7. The van der Waals surface area contributed by atoms with Gasteiger partial charge in [0.25, 0.3) is 5.91 Å². The summed E-state index contributed by atoms with van der Waals surface area (Å²) in [4.78, 5) is 14.5. The standard InChI is InChI=1S/C23H23NO4S/c1-26-18-11-9-16(21(27-2)22(18)28-3)19-12-13-20(29-19)23(25)24-17-10-8-14-6-4-5-7-15(14)17/h4-7,9,11-13,17H,8,10H2,1-3H3,(H,24,25). The summed E-state index contributed by atoms with van der Waals surface area (Å²) < 4.78 is 16.4. The third kappa shape index (κ3) is 3.56. The maximum Gasteiger partial charge on any atom is 0.261 e. The van der Waals surface area contributed by atoms with E-state index in [0.717, 1.165) is 23.3 Å². The molecular formula is C23H23NO4S. The van der Waals surface area contributed by atoms with Gasteiger partial charge in [-0.25, -0.2) is 0 Å². The Bertz CT molecular complexity index is 1040. The Morgan fingerprint density at radius 3 is 2.52 bits per heavy atom. The van der Waals surface area contributed by atoms with Crippen molar-refractivity contribution >= 4 is 17.2 Å².